The predicted octanol–water partition coefficient (Wildman–Crippen LogP) is 5.95. The molecule has 0 atom stereocenters. The highest BCUT2D eigenvalue weighted by Crippen LogP contribution is 2.36. The van der Waals surface area contributed by atoms with E-state index in [2.05, 4.69) is 15.6 Å². The molecular weight excluding hydrogens is 398 g/mol. The molecule has 0 bridgehead atoms. The second kappa shape index (κ2) is 13.6. The fourth-order valence-electron chi connectivity index (χ4n) is 3.24. The van der Waals surface area contributed by atoms with Crippen molar-refractivity contribution >= 4 is 23.5 Å². The highest BCUT2D eigenvalue weighted by Gasteiger charge is 2.35. The maximum absolute atomic E-state index is 13.3. The zero-order chi connectivity index (χ0) is 23.3. The summed E-state index contributed by atoms with van der Waals surface area (Å²) in [5, 5.41) is 6.12. The molecule has 172 valence electrons. The van der Waals surface area contributed by atoms with E-state index in [4.69, 9.17) is 0 Å². The van der Waals surface area contributed by atoms with E-state index >= 15 is 0 Å². The van der Waals surface area contributed by atoms with Gasteiger partial charge in [0.1, 0.15) is 5.82 Å². The minimum atomic E-state index is -2.55. The summed E-state index contributed by atoms with van der Waals surface area (Å²) in [6.45, 7) is 6.36. The molecule has 0 radical (unpaired) electrons. The van der Waals surface area contributed by atoms with Crippen molar-refractivity contribution in [3.8, 4) is 0 Å². The third-order valence-corrected chi connectivity index (χ3v) is 5.23. The number of carbonyl (C=O) groups is 1. The summed E-state index contributed by atoms with van der Waals surface area (Å²) in [6, 6.07) is 3.84. The van der Waals surface area contributed by atoms with Gasteiger partial charge in [0.2, 0.25) is 12.3 Å². The molecule has 1 aliphatic rings. The zero-order valence-electron chi connectivity index (χ0n) is 19.3. The number of aromatic nitrogens is 1. The number of nitrogens with zero attached hydrogens (tertiary/aromatic N) is 2. The molecule has 1 aromatic heterocycles. The summed E-state index contributed by atoms with van der Waals surface area (Å²) >= 11 is 0. The van der Waals surface area contributed by atoms with Crippen molar-refractivity contribution < 1.29 is 13.6 Å². The molecule has 0 aromatic carbocycles. The van der Waals surface area contributed by atoms with Crippen molar-refractivity contribution in [3.63, 3.8) is 0 Å². The van der Waals surface area contributed by atoms with Crippen LogP contribution in [0.3, 0.4) is 0 Å². The van der Waals surface area contributed by atoms with Crippen LogP contribution in [0.15, 0.2) is 42.6 Å². The van der Waals surface area contributed by atoms with Gasteiger partial charge in [-0.2, -0.15) is 0 Å². The van der Waals surface area contributed by atoms with Crippen molar-refractivity contribution in [2.24, 2.45) is 5.92 Å². The van der Waals surface area contributed by atoms with E-state index in [0.29, 0.717) is 19.4 Å². The smallest absolute Gasteiger partial charge is 0.248 e. The van der Waals surface area contributed by atoms with Gasteiger partial charge in [-0.15, -0.1) is 0 Å². The number of amides is 1. The molecule has 1 saturated carbocycles. The average Bonchev–Trinajstić information content (AvgIpc) is 2.79. The number of anilines is 2. The van der Waals surface area contributed by atoms with Gasteiger partial charge in [-0.1, -0.05) is 18.2 Å². The molecule has 5 nitrogen and oxygen atoms in total. The summed E-state index contributed by atoms with van der Waals surface area (Å²) in [6.07, 6.45) is 10.9. The SMILES string of the molecule is C/C=C(\C=C/N(C=O)CC1CCC(F)(F)CC1)c1ccc(NC)c(NC)n1.C/C=C\C. The number of pyridine rings is 1. The molecule has 1 aliphatic carbocycles. The van der Waals surface area contributed by atoms with Crippen LogP contribution in [0, 0.1) is 5.92 Å². The summed E-state index contributed by atoms with van der Waals surface area (Å²) in [5.41, 5.74) is 2.54. The first-order valence-corrected chi connectivity index (χ1v) is 10.7. The van der Waals surface area contributed by atoms with Crippen molar-refractivity contribution in [1.82, 2.24) is 9.88 Å². The van der Waals surface area contributed by atoms with Gasteiger partial charge in [0, 0.05) is 39.7 Å². The van der Waals surface area contributed by atoms with Crippen LogP contribution in [-0.2, 0) is 4.79 Å². The Bertz CT molecular complexity index is 761. The molecule has 1 fully saturated rings. The number of nitrogens with one attached hydrogen (secondary N) is 2. The van der Waals surface area contributed by atoms with Crippen LogP contribution in [0.2, 0.25) is 0 Å². The van der Waals surface area contributed by atoms with Gasteiger partial charge in [-0.05, 0) is 63.3 Å². The lowest BCUT2D eigenvalue weighted by Gasteiger charge is -2.30. The van der Waals surface area contributed by atoms with Gasteiger partial charge in [-0.3, -0.25) is 4.79 Å². The molecule has 2 rings (SSSR count). The largest absolute Gasteiger partial charge is 0.385 e. The molecule has 2 N–H and O–H groups in total. The Morgan fingerprint density at radius 3 is 2.29 bits per heavy atom. The van der Waals surface area contributed by atoms with E-state index in [1.54, 1.807) is 13.2 Å². The maximum atomic E-state index is 13.3. The predicted molar refractivity (Wildman–Crippen MR) is 126 cm³/mol. The molecule has 1 amide bonds. The fraction of sp³-hybridized carbons (Fsp3) is 0.500. The van der Waals surface area contributed by atoms with E-state index in [-0.39, 0.29) is 18.8 Å². The number of carbonyl (C=O) groups excluding carboxylic acids is 1. The number of halogens is 2. The van der Waals surface area contributed by atoms with E-state index in [9.17, 15) is 13.6 Å². The van der Waals surface area contributed by atoms with Crippen LogP contribution in [0.5, 0.6) is 0 Å². The Labute approximate surface area is 185 Å². The first-order chi connectivity index (χ1) is 14.8. The molecule has 0 unspecified atom stereocenters. The van der Waals surface area contributed by atoms with Gasteiger partial charge in [-0.25, -0.2) is 13.8 Å². The molecule has 31 heavy (non-hydrogen) atoms. The van der Waals surface area contributed by atoms with E-state index in [1.165, 1.54) is 4.90 Å². The van der Waals surface area contributed by atoms with Crippen molar-refractivity contribution in [2.45, 2.75) is 52.4 Å². The number of rotatable bonds is 8. The van der Waals surface area contributed by atoms with Gasteiger partial charge in [0.25, 0.3) is 0 Å². The fourth-order valence-corrected chi connectivity index (χ4v) is 3.24. The maximum Gasteiger partial charge on any atom is 0.248 e. The summed E-state index contributed by atoms with van der Waals surface area (Å²) < 4.78 is 26.6. The molecule has 1 aromatic rings. The minimum absolute atomic E-state index is 0.0945. The highest BCUT2D eigenvalue weighted by atomic mass is 19.3. The Kier molecular flexibility index (Phi) is 11.5. The first kappa shape index (κ1) is 26.3. The van der Waals surface area contributed by atoms with E-state index in [1.807, 2.05) is 64.3 Å². The van der Waals surface area contributed by atoms with Gasteiger partial charge >= 0.3 is 0 Å². The van der Waals surface area contributed by atoms with Crippen LogP contribution in [0.4, 0.5) is 20.3 Å². The number of hydrogen-bond acceptors (Lipinski definition) is 4. The number of alkyl halides is 2. The normalized spacial score (nSPS) is 16.7. The van der Waals surface area contributed by atoms with Crippen molar-refractivity contribution in [2.75, 3.05) is 31.3 Å². The molecule has 0 spiro atoms. The van der Waals surface area contributed by atoms with Crippen LogP contribution < -0.4 is 10.6 Å². The number of allylic oxidation sites excluding steroid dienone is 5. The number of hydrogen-bond donors (Lipinski definition) is 2. The van der Waals surface area contributed by atoms with Crippen LogP contribution in [-0.4, -0.2) is 42.9 Å². The van der Waals surface area contributed by atoms with Crippen LogP contribution in [0.25, 0.3) is 5.57 Å². The van der Waals surface area contributed by atoms with Gasteiger partial charge in [0.15, 0.2) is 0 Å². The summed E-state index contributed by atoms with van der Waals surface area (Å²) in [5.74, 6) is -1.71. The van der Waals surface area contributed by atoms with Gasteiger partial charge in [0.05, 0.1) is 11.4 Å². The zero-order valence-corrected chi connectivity index (χ0v) is 19.3. The van der Waals surface area contributed by atoms with Crippen LogP contribution >= 0.6 is 0 Å². The molecule has 0 saturated heterocycles. The lowest BCUT2D eigenvalue weighted by atomic mass is 9.86. The topological polar surface area (TPSA) is 57.3 Å². The van der Waals surface area contributed by atoms with Crippen molar-refractivity contribution in [3.05, 3.63) is 48.3 Å². The minimum Gasteiger partial charge on any atom is -0.385 e. The summed E-state index contributed by atoms with van der Waals surface area (Å²) in [7, 11) is 3.64. The first-order valence-electron chi connectivity index (χ1n) is 10.7. The van der Waals surface area contributed by atoms with Crippen molar-refractivity contribution in [1.29, 1.82) is 0 Å². The van der Waals surface area contributed by atoms with E-state index in [0.717, 1.165) is 29.2 Å². The highest BCUT2D eigenvalue weighted by molar-refractivity contribution is 5.75. The third-order valence-electron chi connectivity index (χ3n) is 5.23. The average molecular weight is 435 g/mol. The molecule has 1 heterocycles. The quantitative estimate of drug-likeness (QED) is 0.302. The van der Waals surface area contributed by atoms with Gasteiger partial charge < -0.3 is 15.5 Å². The Morgan fingerprint density at radius 1 is 1.16 bits per heavy atom. The molecule has 0 aliphatic heterocycles. The van der Waals surface area contributed by atoms with E-state index < -0.39 is 5.92 Å². The second-order valence-corrected chi connectivity index (χ2v) is 7.42. The Balaban J connectivity index is 0.00000110. The third kappa shape index (κ3) is 8.90. The Hall–Kier alpha value is -2.70. The second-order valence-electron chi connectivity index (χ2n) is 7.42. The summed E-state index contributed by atoms with van der Waals surface area (Å²) in [4.78, 5) is 17.5. The lowest BCUT2D eigenvalue weighted by Crippen LogP contribution is -2.31. The standard InChI is InChI=1S/C20H28F2N4O.C4H8/c1-4-16(17-5-6-18(23-2)19(24-3)25-17)9-12-26(14-27)13-15-7-10-20(21,22)11-8-15;1-3-4-2/h4-6,9,12,14-15,23H,7-8,10-11,13H2,1-3H3,(H,24,25);3-4H,1-2H3/b12-9-,16-4+;4-3-. The van der Waals surface area contributed by atoms with Crippen LogP contribution in [0.1, 0.15) is 52.1 Å². The molecule has 7 heteroatoms. The molecular formula is C24H36F2N4O. The Morgan fingerprint density at radius 2 is 1.81 bits per heavy atom. The monoisotopic (exact) mass is 434 g/mol. The lowest BCUT2D eigenvalue weighted by molar-refractivity contribution is -0.116.